The summed E-state index contributed by atoms with van der Waals surface area (Å²) in [7, 11) is 1.97. The first-order chi connectivity index (χ1) is 8.94. The van der Waals surface area contributed by atoms with Crippen LogP contribution in [0, 0.1) is 0 Å². The molecule has 1 N–H and O–H groups in total. The minimum atomic E-state index is 0.136. The first-order valence-corrected chi connectivity index (χ1v) is 6.67. The Morgan fingerprint density at radius 3 is 2.68 bits per heavy atom. The Hall–Kier alpha value is -1.62. The minimum absolute atomic E-state index is 0.136. The monoisotopic (exact) mass is 261 g/mol. The maximum Gasteiger partial charge on any atom is 0.0534 e. The SMILES string of the molecule is Cn1nccc1CCn1cc(CNC(C)(C)C)cn1. The second-order valence-electron chi connectivity index (χ2n) is 5.91. The number of aryl methyl sites for hydroxylation is 3. The van der Waals surface area contributed by atoms with E-state index in [-0.39, 0.29) is 5.54 Å². The summed E-state index contributed by atoms with van der Waals surface area (Å²) in [5, 5.41) is 12.0. The lowest BCUT2D eigenvalue weighted by molar-refractivity contribution is 0.424. The van der Waals surface area contributed by atoms with Crippen molar-refractivity contribution in [3.05, 3.63) is 35.9 Å². The lowest BCUT2D eigenvalue weighted by Gasteiger charge is -2.19. The molecule has 0 aromatic carbocycles. The second kappa shape index (κ2) is 5.57. The number of nitrogens with one attached hydrogen (secondary N) is 1. The van der Waals surface area contributed by atoms with Crippen molar-refractivity contribution in [2.75, 3.05) is 0 Å². The summed E-state index contributed by atoms with van der Waals surface area (Å²) in [6.45, 7) is 8.24. The van der Waals surface area contributed by atoms with Gasteiger partial charge in [-0.05, 0) is 26.8 Å². The van der Waals surface area contributed by atoms with E-state index >= 15 is 0 Å². The fourth-order valence-corrected chi connectivity index (χ4v) is 1.86. The summed E-state index contributed by atoms with van der Waals surface area (Å²) >= 11 is 0. The van der Waals surface area contributed by atoms with Crippen LogP contribution in [0.2, 0.25) is 0 Å². The summed E-state index contributed by atoms with van der Waals surface area (Å²) in [6.07, 6.45) is 6.82. The molecule has 2 heterocycles. The standard InChI is InChI=1S/C14H23N5/c1-14(2,3)15-9-12-10-17-19(11-12)8-6-13-5-7-16-18(13)4/h5,7,10-11,15H,6,8-9H2,1-4H3. The molecule has 2 aromatic heterocycles. The first-order valence-electron chi connectivity index (χ1n) is 6.67. The fraction of sp³-hybridized carbons (Fsp3) is 0.571. The van der Waals surface area contributed by atoms with Crippen LogP contribution in [0.3, 0.4) is 0 Å². The molecular formula is C14H23N5. The molecule has 0 amide bonds. The van der Waals surface area contributed by atoms with Gasteiger partial charge in [-0.15, -0.1) is 0 Å². The molecular weight excluding hydrogens is 238 g/mol. The molecule has 2 rings (SSSR count). The fourth-order valence-electron chi connectivity index (χ4n) is 1.86. The summed E-state index contributed by atoms with van der Waals surface area (Å²) in [5.74, 6) is 0. The molecule has 0 aliphatic carbocycles. The lowest BCUT2D eigenvalue weighted by Crippen LogP contribution is -2.34. The Labute approximate surface area is 114 Å². The van der Waals surface area contributed by atoms with Gasteiger partial charge < -0.3 is 5.32 Å². The lowest BCUT2D eigenvalue weighted by atomic mass is 10.1. The highest BCUT2D eigenvalue weighted by atomic mass is 15.3. The maximum absolute atomic E-state index is 4.39. The van der Waals surface area contributed by atoms with E-state index in [1.54, 1.807) is 0 Å². The molecule has 5 heteroatoms. The average Bonchev–Trinajstić information content (AvgIpc) is 2.92. The molecule has 2 aromatic rings. The van der Waals surface area contributed by atoms with Gasteiger partial charge in [0.25, 0.3) is 0 Å². The third-order valence-electron chi connectivity index (χ3n) is 3.03. The van der Waals surface area contributed by atoms with Gasteiger partial charge in [-0.25, -0.2) is 0 Å². The Kier molecular flexibility index (Phi) is 4.04. The van der Waals surface area contributed by atoms with Crippen LogP contribution in [-0.2, 0) is 26.6 Å². The Morgan fingerprint density at radius 2 is 2.05 bits per heavy atom. The zero-order chi connectivity index (χ0) is 13.9. The van der Waals surface area contributed by atoms with Crippen LogP contribution >= 0.6 is 0 Å². The van der Waals surface area contributed by atoms with E-state index in [1.165, 1.54) is 11.3 Å². The maximum atomic E-state index is 4.39. The van der Waals surface area contributed by atoms with E-state index in [1.807, 2.05) is 34.9 Å². The van der Waals surface area contributed by atoms with Crippen LogP contribution in [0.25, 0.3) is 0 Å². The van der Waals surface area contributed by atoms with E-state index in [0.29, 0.717) is 0 Å². The van der Waals surface area contributed by atoms with E-state index in [9.17, 15) is 0 Å². The van der Waals surface area contributed by atoms with Gasteiger partial charge in [0.1, 0.15) is 0 Å². The Bertz CT molecular complexity index is 518. The van der Waals surface area contributed by atoms with Crippen molar-refractivity contribution in [1.82, 2.24) is 24.9 Å². The van der Waals surface area contributed by atoms with Gasteiger partial charge in [0, 0.05) is 55.7 Å². The molecule has 0 spiro atoms. The van der Waals surface area contributed by atoms with Gasteiger partial charge in [0.05, 0.1) is 6.20 Å². The third kappa shape index (κ3) is 4.21. The van der Waals surface area contributed by atoms with Crippen LogP contribution in [0.15, 0.2) is 24.7 Å². The summed E-state index contributed by atoms with van der Waals surface area (Å²) in [6, 6.07) is 2.05. The molecule has 5 nitrogen and oxygen atoms in total. The largest absolute Gasteiger partial charge is 0.308 e. The van der Waals surface area contributed by atoms with E-state index in [4.69, 9.17) is 0 Å². The summed E-state index contributed by atoms with van der Waals surface area (Å²) in [5.41, 5.74) is 2.58. The molecule has 0 unspecified atom stereocenters. The molecule has 0 saturated heterocycles. The highest BCUT2D eigenvalue weighted by molar-refractivity contribution is 5.05. The number of rotatable bonds is 5. The quantitative estimate of drug-likeness (QED) is 0.892. The van der Waals surface area contributed by atoms with Gasteiger partial charge in [0.2, 0.25) is 0 Å². The Morgan fingerprint density at radius 1 is 1.26 bits per heavy atom. The van der Waals surface area contributed by atoms with Crippen molar-refractivity contribution in [3.63, 3.8) is 0 Å². The normalized spacial score (nSPS) is 12.0. The second-order valence-corrected chi connectivity index (χ2v) is 5.91. The van der Waals surface area contributed by atoms with Crippen LogP contribution < -0.4 is 5.32 Å². The summed E-state index contributed by atoms with van der Waals surface area (Å²) < 4.78 is 3.90. The Balaban J connectivity index is 1.86. The van der Waals surface area contributed by atoms with E-state index in [2.05, 4.69) is 42.5 Å². The smallest absolute Gasteiger partial charge is 0.0534 e. The predicted molar refractivity (Wildman–Crippen MR) is 75.7 cm³/mol. The van der Waals surface area contributed by atoms with Gasteiger partial charge in [-0.3, -0.25) is 9.36 Å². The number of aromatic nitrogens is 4. The van der Waals surface area contributed by atoms with Gasteiger partial charge in [0.15, 0.2) is 0 Å². The molecule has 0 aliphatic rings. The average molecular weight is 261 g/mol. The topological polar surface area (TPSA) is 47.7 Å². The molecule has 104 valence electrons. The third-order valence-corrected chi connectivity index (χ3v) is 3.03. The molecule has 0 atom stereocenters. The zero-order valence-electron chi connectivity index (χ0n) is 12.2. The van der Waals surface area contributed by atoms with Crippen LogP contribution in [0.1, 0.15) is 32.0 Å². The molecule has 0 bridgehead atoms. The predicted octanol–water partition coefficient (Wildman–Crippen LogP) is 1.75. The van der Waals surface area contributed by atoms with E-state index < -0.39 is 0 Å². The van der Waals surface area contributed by atoms with Gasteiger partial charge in [-0.2, -0.15) is 10.2 Å². The molecule has 0 fully saturated rings. The van der Waals surface area contributed by atoms with Crippen molar-refractivity contribution in [3.8, 4) is 0 Å². The molecule has 0 radical (unpaired) electrons. The summed E-state index contributed by atoms with van der Waals surface area (Å²) in [4.78, 5) is 0. The van der Waals surface area contributed by atoms with Crippen molar-refractivity contribution >= 4 is 0 Å². The molecule has 0 aliphatic heterocycles. The minimum Gasteiger partial charge on any atom is -0.308 e. The number of hydrogen-bond acceptors (Lipinski definition) is 3. The number of nitrogens with zero attached hydrogens (tertiary/aromatic N) is 4. The van der Waals surface area contributed by atoms with Crippen LogP contribution in [0.4, 0.5) is 0 Å². The molecule has 0 saturated carbocycles. The van der Waals surface area contributed by atoms with Crippen molar-refractivity contribution in [2.45, 2.75) is 45.8 Å². The first kappa shape index (κ1) is 13.8. The highest BCUT2D eigenvalue weighted by Crippen LogP contribution is 2.05. The van der Waals surface area contributed by atoms with Gasteiger partial charge >= 0.3 is 0 Å². The van der Waals surface area contributed by atoms with Crippen molar-refractivity contribution in [1.29, 1.82) is 0 Å². The van der Waals surface area contributed by atoms with Crippen molar-refractivity contribution < 1.29 is 0 Å². The van der Waals surface area contributed by atoms with Crippen LogP contribution in [-0.4, -0.2) is 25.1 Å². The highest BCUT2D eigenvalue weighted by Gasteiger charge is 2.09. The van der Waals surface area contributed by atoms with Crippen LogP contribution in [0.5, 0.6) is 0 Å². The number of hydrogen-bond donors (Lipinski definition) is 1. The van der Waals surface area contributed by atoms with E-state index in [0.717, 1.165) is 19.5 Å². The zero-order valence-corrected chi connectivity index (χ0v) is 12.2. The molecule has 19 heavy (non-hydrogen) atoms. The van der Waals surface area contributed by atoms with Crippen molar-refractivity contribution in [2.24, 2.45) is 7.05 Å². The van der Waals surface area contributed by atoms with Gasteiger partial charge in [-0.1, -0.05) is 0 Å².